The molecule has 1 aromatic carbocycles. The Hall–Kier alpha value is -0.930. The Kier molecular flexibility index (Phi) is 2.79. The van der Waals surface area contributed by atoms with Crippen molar-refractivity contribution >= 4 is 0 Å². The Morgan fingerprint density at radius 3 is 3.21 bits per heavy atom. The SMILES string of the molecule is CNC[C@@H]1OCCc2c(F)cccc21. The first-order chi connectivity index (χ1) is 6.83. The van der Waals surface area contributed by atoms with Gasteiger partial charge in [-0.05, 0) is 30.7 Å². The molecule has 0 aliphatic carbocycles. The number of halogens is 1. The van der Waals surface area contributed by atoms with Crippen LogP contribution in [-0.4, -0.2) is 20.2 Å². The van der Waals surface area contributed by atoms with Gasteiger partial charge in [0.15, 0.2) is 0 Å². The smallest absolute Gasteiger partial charge is 0.126 e. The van der Waals surface area contributed by atoms with E-state index in [2.05, 4.69) is 5.32 Å². The molecule has 0 amide bonds. The molecule has 0 bridgehead atoms. The zero-order chi connectivity index (χ0) is 9.97. The maximum absolute atomic E-state index is 13.4. The number of likely N-dealkylation sites (N-methyl/N-ethyl adjacent to an activating group) is 1. The first kappa shape index (κ1) is 9.62. The molecule has 1 aliphatic heterocycles. The van der Waals surface area contributed by atoms with E-state index in [1.54, 1.807) is 6.07 Å². The highest BCUT2D eigenvalue weighted by Gasteiger charge is 2.21. The second kappa shape index (κ2) is 4.07. The molecular weight excluding hydrogens is 181 g/mol. The topological polar surface area (TPSA) is 21.3 Å². The molecule has 0 aromatic heterocycles. The minimum Gasteiger partial charge on any atom is -0.372 e. The fourth-order valence-electron chi connectivity index (χ4n) is 1.89. The van der Waals surface area contributed by atoms with E-state index in [1.807, 2.05) is 13.1 Å². The fourth-order valence-corrected chi connectivity index (χ4v) is 1.89. The number of hydrogen-bond donors (Lipinski definition) is 1. The second-order valence-corrected chi connectivity index (χ2v) is 3.47. The molecule has 0 saturated carbocycles. The molecule has 1 heterocycles. The molecule has 0 fully saturated rings. The lowest BCUT2D eigenvalue weighted by Crippen LogP contribution is -2.25. The van der Waals surface area contributed by atoms with E-state index in [0.29, 0.717) is 13.0 Å². The third-order valence-electron chi connectivity index (χ3n) is 2.56. The highest BCUT2D eigenvalue weighted by molar-refractivity contribution is 5.32. The normalized spacial score (nSPS) is 20.6. The zero-order valence-electron chi connectivity index (χ0n) is 8.22. The molecule has 3 heteroatoms. The standard InChI is InChI=1S/C11H14FNO/c1-13-7-11-9-3-2-4-10(12)8(9)5-6-14-11/h2-4,11,13H,5-7H2,1H3/t11-/m0/s1. The molecule has 14 heavy (non-hydrogen) atoms. The summed E-state index contributed by atoms with van der Waals surface area (Å²) in [6.07, 6.45) is 0.682. The molecule has 1 aromatic rings. The van der Waals surface area contributed by atoms with Crippen LogP contribution in [0.1, 0.15) is 17.2 Å². The number of rotatable bonds is 2. The van der Waals surface area contributed by atoms with E-state index < -0.39 is 0 Å². The molecule has 2 rings (SSSR count). The predicted octanol–water partition coefficient (Wildman–Crippen LogP) is 1.66. The number of fused-ring (bicyclic) bond motifs is 1. The summed E-state index contributed by atoms with van der Waals surface area (Å²) in [5.41, 5.74) is 1.81. The van der Waals surface area contributed by atoms with Crippen LogP contribution < -0.4 is 5.32 Å². The molecule has 2 nitrogen and oxygen atoms in total. The van der Waals surface area contributed by atoms with Gasteiger partial charge in [-0.1, -0.05) is 12.1 Å². The summed E-state index contributed by atoms with van der Waals surface area (Å²) in [6, 6.07) is 5.20. The number of ether oxygens (including phenoxy) is 1. The van der Waals surface area contributed by atoms with Gasteiger partial charge in [0.1, 0.15) is 5.82 Å². The van der Waals surface area contributed by atoms with Crippen LogP contribution in [0.2, 0.25) is 0 Å². The van der Waals surface area contributed by atoms with Gasteiger partial charge in [-0.25, -0.2) is 4.39 Å². The summed E-state index contributed by atoms with van der Waals surface area (Å²) in [7, 11) is 1.87. The molecule has 0 unspecified atom stereocenters. The van der Waals surface area contributed by atoms with Crippen molar-refractivity contribution in [1.29, 1.82) is 0 Å². The maximum Gasteiger partial charge on any atom is 0.126 e. The molecule has 1 aliphatic rings. The van der Waals surface area contributed by atoms with Crippen molar-refractivity contribution in [2.24, 2.45) is 0 Å². The average molecular weight is 195 g/mol. The number of hydrogen-bond acceptors (Lipinski definition) is 2. The van der Waals surface area contributed by atoms with Crippen LogP contribution in [0.5, 0.6) is 0 Å². The second-order valence-electron chi connectivity index (χ2n) is 3.47. The van der Waals surface area contributed by atoms with Crippen molar-refractivity contribution in [1.82, 2.24) is 5.32 Å². The average Bonchev–Trinajstić information content (AvgIpc) is 2.20. The van der Waals surface area contributed by atoms with Crippen molar-refractivity contribution in [3.05, 3.63) is 35.1 Å². The summed E-state index contributed by atoms with van der Waals surface area (Å²) in [6.45, 7) is 1.34. The van der Waals surface area contributed by atoms with E-state index in [-0.39, 0.29) is 11.9 Å². The first-order valence-electron chi connectivity index (χ1n) is 4.86. The minimum absolute atomic E-state index is 0.000509. The van der Waals surface area contributed by atoms with E-state index in [4.69, 9.17) is 4.74 Å². The van der Waals surface area contributed by atoms with Gasteiger partial charge >= 0.3 is 0 Å². The molecular formula is C11H14FNO. The molecule has 1 N–H and O–H groups in total. The van der Waals surface area contributed by atoms with Gasteiger partial charge in [0, 0.05) is 6.54 Å². The Balaban J connectivity index is 2.34. The highest BCUT2D eigenvalue weighted by Crippen LogP contribution is 2.27. The maximum atomic E-state index is 13.4. The van der Waals surface area contributed by atoms with Crippen molar-refractivity contribution in [3.63, 3.8) is 0 Å². The van der Waals surface area contributed by atoms with Gasteiger partial charge in [-0.3, -0.25) is 0 Å². The molecule has 76 valence electrons. The van der Waals surface area contributed by atoms with Gasteiger partial charge < -0.3 is 10.1 Å². The van der Waals surface area contributed by atoms with Crippen molar-refractivity contribution in [2.45, 2.75) is 12.5 Å². The number of nitrogens with one attached hydrogen (secondary N) is 1. The van der Waals surface area contributed by atoms with Crippen molar-refractivity contribution in [3.8, 4) is 0 Å². The van der Waals surface area contributed by atoms with Crippen molar-refractivity contribution < 1.29 is 9.13 Å². The first-order valence-corrected chi connectivity index (χ1v) is 4.86. The Labute approximate surface area is 83.1 Å². The predicted molar refractivity (Wildman–Crippen MR) is 52.7 cm³/mol. The summed E-state index contributed by atoms with van der Waals surface area (Å²) in [5.74, 6) is -0.105. The zero-order valence-corrected chi connectivity index (χ0v) is 8.22. The van der Waals surface area contributed by atoms with Crippen molar-refractivity contribution in [2.75, 3.05) is 20.2 Å². The van der Waals surface area contributed by atoms with Crippen LogP contribution in [-0.2, 0) is 11.2 Å². The van der Waals surface area contributed by atoms with E-state index in [0.717, 1.165) is 17.7 Å². The monoisotopic (exact) mass is 195 g/mol. The molecule has 0 radical (unpaired) electrons. The van der Waals surface area contributed by atoms with Crippen LogP contribution in [0.4, 0.5) is 4.39 Å². The Morgan fingerprint density at radius 1 is 1.57 bits per heavy atom. The lowest BCUT2D eigenvalue weighted by Gasteiger charge is -2.26. The summed E-state index contributed by atoms with van der Waals surface area (Å²) in [5, 5.41) is 3.05. The van der Waals surface area contributed by atoms with Crippen LogP contribution in [0, 0.1) is 5.82 Å². The molecule has 1 atom stereocenters. The largest absolute Gasteiger partial charge is 0.372 e. The van der Waals surface area contributed by atoms with E-state index in [9.17, 15) is 4.39 Å². The summed E-state index contributed by atoms with van der Waals surface area (Å²) in [4.78, 5) is 0. The minimum atomic E-state index is -0.105. The van der Waals surface area contributed by atoms with Crippen LogP contribution in [0.3, 0.4) is 0 Å². The van der Waals surface area contributed by atoms with Crippen LogP contribution in [0.15, 0.2) is 18.2 Å². The van der Waals surface area contributed by atoms with Gasteiger partial charge in [-0.2, -0.15) is 0 Å². The molecule has 0 spiro atoms. The Morgan fingerprint density at radius 2 is 2.43 bits per heavy atom. The summed E-state index contributed by atoms with van der Waals surface area (Å²) >= 11 is 0. The quantitative estimate of drug-likeness (QED) is 0.775. The van der Waals surface area contributed by atoms with Gasteiger partial charge in [-0.15, -0.1) is 0 Å². The summed E-state index contributed by atoms with van der Waals surface area (Å²) < 4.78 is 19.0. The highest BCUT2D eigenvalue weighted by atomic mass is 19.1. The van der Waals surface area contributed by atoms with E-state index >= 15 is 0 Å². The lowest BCUT2D eigenvalue weighted by molar-refractivity contribution is 0.0427. The van der Waals surface area contributed by atoms with E-state index in [1.165, 1.54) is 6.07 Å². The third kappa shape index (κ3) is 1.65. The van der Waals surface area contributed by atoms with Gasteiger partial charge in [0.2, 0.25) is 0 Å². The third-order valence-corrected chi connectivity index (χ3v) is 2.56. The van der Waals surface area contributed by atoms with Crippen LogP contribution >= 0.6 is 0 Å². The lowest BCUT2D eigenvalue weighted by atomic mass is 9.97. The Bertz CT molecular complexity index is 327. The van der Waals surface area contributed by atoms with Crippen LogP contribution in [0.25, 0.3) is 0 Å². The molecule has 0 saturated heterocycles. The van der Waals surface area contributed by atoms with Gasteiger partial charge in [0.25, 0.3) is 0 Å². The number of benzene rings is 1. The fraction of sp³-hybridized carbons (Fsp3) is 0.455. The van der Waals surface area contributed by atoms with Gasteiger partial charge in [0.05, 0.1) is 12.7 Å².